The van der Waals surface area contributed by atoms with E-state index in [9.17, 15) is 31.5 Å². The predicted molar refractivity (Wildman–Crippen MR) is 103 cm³/mol. The van der Waals surface area contributed by atoms with Crippen molar-refractivity contribution in [3.8, 4) is 11.4 Å². The highest BCUT2D eigenvalue weighted by Gasteiger charge is 2.41. The van der Waals surface area contributed by atoms with Gasteiger partial charge in [-0.1, -0.05) is 0 Å². The first-order valence-corrected chi connectivity index (χ1v) is 9.76. The van der Waals surface area contributed by atoms with Gasteiger partial charge >= 0.3 is 18.8 Å². The number of nitrogens with zero attached hydrogens (tertiary/aromatic N) is 2. The van der Waals surface area contributed by atoms with Gasteiger partial charge in [-0.2, -0.15) is 27.1 Å². The van der Waals surface area contributed by atoms with E-state index >= 15 is 0 Å². The van der Waals surface area contributed by atoms with E-state index in [0.717, 1.165) is 17.5 Å². The number of rotatable bonds is 7. The number of benzene rings is 1. The summed E-state index contributed by atoms with van der Waals surface area (Å²) < 4.78 is 75.0. The van der Waals surface area contributed by atoms with Crippen LogP contribution in [-0.2, 0) is 10.9 Å². The van der Waals surface area contributed by atoms with Crippen molar-refractivity contribution in [2.24, 2.45) is 0 Å². The molecule has 3 aromatic rings. The number of amides is 1. The molecule has 0 bridgehead atoms. The smallest absolute Gasteiger partial charge is 0.434 e. The molecule has 0 aliphatic rings. The molecule has 1 amide bonds. The number of hydrogen-bond donors (Lipinski definition) is 1. The zero-order valence-corrected chi connectivity index (χ0v) is 17.0. The summed E-state index contributed by atoms with van der Waals surface area (Å²) in [5, 5.41) is 7.49. The van der Waals surface area contributed by atoms with Crippen molar-refractivity contribution in [1.29, 1.82) is 0 Å². The van der Waals surface area contributed by atoms with Crippen LogP contribution in [0.2, 0.25) is 0 Å². The molecular formula is C19H14F5N3O4S. The van der Waals surface area contributed by atoms with Crippen molar-refractivity contribution in [3.63, 3.8) is 0 Å². The summed E-state index contributed by atoms with van der Waals surface area (Å²) in [5.41, 5.74) is -1.90. The molecular weight excluding hydrogens is 461 g/mol. The van der Waals surface area contributed by atoms with Crippen LogP contribution in [-0.4, -0.2) is 34.9 Å². The molecule has 3 rings (SSSR count). The normalized spacial score (nSPS) is 11.5. The third-order valence-electron chi connectivity index (χ3n) is 3.95. The number of esters is 1. The number of ether oxygens (including phenoxy) is 2. The van der Waals surface area contributed by atoms with Gasteiger partial charge in [-0.3, -0.25) is 4.79 Å². The van der Waals surface area contributed by atoms with Gasteiger partial charge in [0, 0.05) is 5.69 Å². The Balaban J connectivity index is 1.84. The first-order valence-electron chi connectivity index (χ1n) is 8.88. The van der Waals surface area contributed by atoms with Crippen LogP contribution in [0.25, 0.3) is 5.69 Å². The van der Waals surface area contributed by atoms with Gasteiger partial charge in [0.1, 0.15) is 16.2 Å². The van der Waals surface area contributed by atoms with Gasteiger partial charge in [-0.25, -0.2) is 9.48 Å². The third kappa shape index (κ3) is 5.04. The number of alkyl halides is 5. The van der Waals surface area contributed by atoms with E-state index in [1.54, 1.807) is 0 Å². The Kier molecular flexibility index (Phi) is 6.77. The average molecular weight is 475 g/mol. The minimum atomic E-state index is -4.90. The number of nitrogens with one attached hydrogen (secondary N) is 1. The van der Waals surface area contributed by atoms with Gasteiger partial charge in [0.25, 0.3) is 5.91 Å². The van der Waals surface area contributed by atoms with E-state index in [0.29, 0.717) is 4.68 Å². The molecule has 13 heteroatoms. The van der Waals surface area contributed by atoms with E-state index in [4.69, 9.17) is 0 Å². The second kappa shape index (κ2) is 9.34. The number of thiophene rings is 1. The Labute approximate surface area is 181 Å². The number of hydrogen-bond acceptors (Lipinski definition) is 6. The van der Waals surface area contributed by atoms with Crippen molar-refractivity contribution in [2.75, 3.05) is 11.9 Å². The second-order valence-corrected chi connectivity index (χ2v) is 6.95. The van der Waals surface area contributed by atoms with Crippen molar-refractivity contribution in [2.45, 2.75) is 19.7 Å². The minimum absolute atomic E-state index is 0.0382. The molecule has 2 heterocycles. The molecule has 1 aromatic carbocycles. The van der Waals surface area contributed by atoms with Crippen LogP contribution in [0.1, 0.15) is 32.6 Å². The largest absolute Gasteiger partial charge is 0.462 e. The molecule has 0 aliphatic heterocycles. The number of carbonyl (C=O) groups is 2. The first-order chi connectivity index (χ1) is 15.1. The number of carbonyl (C=O) groups excluding carboxylic acids is 2. The molecule has 2 aromatic heterocycles. The third-order valence-corrected chi connectivity index (χ3v) is 4.85. The standard InChI is InChI=1S/C19H14F5N3O4S/c1-2-30-17(29)12-9-25-27(15(12)19(22,23)24)11-5-3-10(4-6-11)26-16(28)14-13(7-8-32-14)31-18(20)21/h3-9,18H,2H2,1H3,(H,26,28). The molecule has 0 radical (unpaired) electrons. The molecule has 0 unspecified atom stereocenters. The highest BCUT2D eigenvalue weighted by molar-refractivity contribution is 7.12. The Morgan fingerprint density at radius 1 is 1.19 bits per heavy atom. The van der Waals surface area contributed by atoms with Crippen LogP contribution >= 0.6 is 11.3 Å². The number of aromatic nitrogens is 2. The summed E-state index contributed by atoms with van der Waals surface area (Å²) >= 11 is 0.880. The van der Waals surface area contributed by atoms with Crippen LogP contribution in [0.5, 0.6) is 5.75 Å². The maximum atomic E-state index is 13.6. The fraction of sp³-hybridized carbons (Fsp3) is 0.211. The summed E-state index contributed by atoms with van der Waals surface area (Å²) in [6.45, 7) is -1.75. The maximum absolute atomic E-state index is 13.6. The Morgan fingerprint density at radius 3 is 2.47 bits per heavy atom. The monoisotopic (exact) mass is 475 g/mol. The molecule has 32 heavy (non-hydrogen) atoms. The zero-order chi connectivity index (χ0) is 23.5. The maximum Gasteiger partial charge on any atom is 0.434 e. The fourth-order valence-corrected chi connectivity index (χ4v) is 3.42. The van der Waals surface area contributed by atoms with E-state index in [1.807, 2.05) is 0 Å². The molecule has 0 fully saturated rings. The average Bonchev–Trinajstić information content (AvgIpc) is 3.35. The van der Waals surface area contributed by atoms with E-state index in [2.05, 4.69) is 19.9 Å². The molecule has 0 saturated heterocycles. The highest BCUT2D eigenvalue weighted by atomic mass is 32.1. The SMILES string of the molecule is CCOC(=O)c1cnn(-c2ccc(NC(=O)c3sccc3OC(F)F)cc2)c1C(F)(F)F. The summed E-state index contributed by atoms with van der Waals surface area (Å²) in [6.07, 6.45) is -4.14. The zero-order valence-electron chi connectivity index (χ0n) is 16.2. The van der Waals surface area contributed by atoms with E-state index in [1.165, 1.54) is 42.6 Å². The van der Waals surface area contributed by atoms with Crippen LogP contribution in [0.3, 0.4) is 0 Å². The summed E-state index contributed by atoms with van der Waals surface area (Å²) in [4.78, 5) is 24.1. The Morgan fingerprint density at radius 2 is 1.88 bits per heavy atom. The van der Waals surface area contributed by atoms with Gasteiger partial charge in [0.05, 0.1) is 18.5 Å². The lowest BCUT2D eigenvalue weighted by atomic mass is 10.2. The van der Waals surface area contributed by atoms with Crippen LogP contribution < -0.4 is 10.1 Å². The topological polar surface area (TPSA) is 82.5 Å². The van der Waals surface area contributed by atoms with Gasteiger partial charge in [-0.15, -0.1) is 11.3 Å². The minimum Gasteiger partial charge on any atom is -0.462 e. The molecule has 0 saturated carbocycles. The lowest BCUT2D eigenvalue weighted by molar-refractivity contribution is -0.143. The summed E-state index contributed by atoms with van der Waals surface area (Å²) in [6, 6.07) is 6.27. The van der Waals surface area contributed by atoms with Crippen LogP contribution in [0, 0.1) is 0 Å². The molecule has 0 spiro atoms. The first kappa shape index (κ1) is 23.2. The van der Waals surface area contributed by atoms with Crippen molar-refractivity contribution in [3.05, 3.63) is 58.0 Å². The van der Waals surface area contributed by atoms with Gasteiger partial charge in [0.2, 0.25) is 0 Å². The van der Waals surface area contributed by atoms with E-state index in [-0.39, 0.29) is 28.6 Å². The number of anilines is 1. The van der Waals surface area contributed by atoms with Crippen LogP contribution in [0.15, 0.2) is 41.9 Å². The quantitative estimate of drug-likeness (QED) is 0.385. The van der Waals surface area contributed by atoms with Gasteiger partial charge in [-0.05, 0) is 42.6 Å². The summed E-state index contributed by atoms with van der Waals surface area (Å²) in [5.74, 6) is -2.19. The molecule has 0 aliphatic carbocycles. The Bertz CT molecular complexity index is 1110. The van der Waals surface area contributed by atoms with Crippen molar-refractivity contribution in [1.82, 2.24) is 9.78 Å². The predicted octanol–water partition coefficient (Wildman–Crippen LogP) is 4.98. The van der Waals surface area contributed by atoms with Gasteiger partial charge in [0.15, 0.2) is 5.69 Å². The second-order valence-electron chi connectivity index (χ2n) is 6.03. The lowest BCUT2D eigenvalue weighted by Crippen LogP contribution is -2.18. The molecule has 1 N–H and O–H groups in total. The van der Waals surface area contributed by atoms with E-state index < -0.39 is 35.9 Å². The van der Waals surface area contributed by atoms with Gasteiger partial charge < -0.3 is 14.8 Å². The lowest BCUT2D eigenvalue weighted by Gasteiger charge is -2.13. The van der Waals surface area contributed by atoms with Crippen molar-refractivity contribution < 1.29 is 41.0 Å². The molecule has 7 nitrogen and oxygen atoms in total. The van der Waals surface area contributed by atoms with Crippen LogP contribution in [0.4, 0.5) is 27.6 Å². The molecule has 170 valence electrons. The van der Waals surface area contributed by atoms with Crippen molar-refractivity contribution >= 4 is 28.9 Å². The fourth-order valence-electron chi connectivity index (χ4n) is 2.70. The highest BCUT2D eigenvalue weighted by Crippen LogP contribution is 2.34. The Hall–Kier alpha value is -3.48. The summed E-state index contributed by atoms with van der Waals surface area (Å²) in [7, 11) is 0. The number of halogens is 5. The molecule has 0 atom stereocenters.